The van der Waals surface area contributed by atoms with Crippen LogP contribution in [0.25, 0.3) is 0 Å². The number of hydrogen-bond donors (Lipinski definition) is 1. The molecule has 15 heavy (non-hydrogen) atoms. The highest BCUT2D eigenvalue weighted by Crippen LogP contribution is 2.46. The molecule has 2 N–H and O–H groups in total. The molecule has 4 heteroatoms. The third-order valence-corrected chi connectivity index (χ3v) is 3.32. The summed E-state index contributed by atoms with van der Waals surface area (Å²) in [6, 6.07) is 2.83. The monoisotopic (exact) mass is 229 g/mol. The first-order valence-corrected chi connectivity index (χ1v) is 5.27. The third kappa shape index (κ3) is 1.60. The van der Waals surface area contributed by atoms with Gasteiger partial charge in [-0.3, -0.25) is 0 Å². The van der Waals surface area contributed by atoms with E-state index in [9.17, 15) is 4.39 Å². The number of benzene rings is 1. The molecule has 1 saturated carbocycles. The SMILES string of the molecule is COc1c(F)ccc(Cl)c1C1(N)CCC1. The van der Waals surface area contributed by atoms with Crippen LogP contribution in [0.1, 0.15) is 24.8 Å². The van der Waals surface area contributed by atoms with Gasteiger partial charge in [0.15, 0.2) is 11.6 Å². The fourth-order valence-corrected chi connectivity index (χ4v) is 2.34. The fraction of sp³-hybridized carbons (Fsp3) is 0.455. The minimum absolute atomic E-state index is 0.185. The maximum atomic E-state index is 13.5. The topological polar surface area (TPSA) is 35.2 Å². The second-order valence-electron chi connectivity index (χ2n) is 3.95. The normalized spacial score (nSPS) is 18.4. The van der Waals surface area contributed by atoms with Crippen LogP contribution in [0.15, 0.2) is 12.1 Å². The maximum absolute atomic E-state index is 13.5. The summed E-state index contributed by atoms with van der Waals surface area (Å²) in [5.41, 5.74) is 6.24. The molecular weight excluding hydrogens is 217 g/mol. The van der Waals surface area contributed by atoms with Gasteiger partial charge in [-0.05, 0) is 31.4 Å². The molecule has 1 aromatic rings. The zero-order valence-corrected chi connectivity index (χ0v) is 9.27. The summed E-state index contributed by atoms with van der Waals surface area (Å²) in [4.78, 5) is 0. The molecule has 0 saturated heterocycles. The zero-order chi connectivity index (χ0) is 11.1. The standard InChI is InChI=1S/C11H13ClFNO/c1-15-10-8(13)4-3-7(12)9(10)11(14)5-2-6-11/h3-4H,2,5-6,14H2,1H3. The van der Waals surface area contributed by atoms with E-state index in [0.29, 0.717) is 10.6 Å². The van der Waals surface area contributed by atoms with Crippen molar-refractivity contribution in [1.29, 1.82) is 0 Å². The molecule has 2 rings (SSSR count). The van der Waals surface area contributed by atoms with Crippen LogP contribution >= 0.6 is 11.6 Å². The molecule has 82 valence electrons. The van der Waals surface area contributed by atoms with E-state index >= 15 is 0 Å². The highest BCUT2D eigenvalue weighted by molar-refractivity contribution is 6.31. The molecule has 0 bridgehead atoms. The van der Waals surface area contributed by atoms with Gasteiger partial charge < -0.3 is 10.5 Å². The van der Waals surface area contributed by atoms with Crippen molar-refractivity contribution in [2.24, 2.45) is 5.73 Å². The molecule has 1 aliphatic rings. The molecule has 0 unspecified atom stereocenters. The fourth-order valence-electron chi connectivity index (χ4n) is 2.00. The van der Waals surface area contributed by atoms with Crippen LogP contribution in [0.5, 0.6) is 5.75 Å². The second-order valence-corrected chi connectivity index (χ2v) is 4.35. The quantitative estimate of drug-likeness (QED) is 0.847. The summed E-state index contributed by atoms with van der Waals surface area (Å²) in [7, 11) is 1.43. The van der Waals surface area contributed by atoms with E-state index < -0.39 is 11.4 Å². The lowest BCUT2D eigenvalue weighted by atomic mass is 9.72. The predicted octanol–water partition coefficient (Wildman–Crippen LogP) is 2.83. The van der Waals surface area contributed by atoms with E-state index in [1.54, 1.807) is 0 Å². The van der Waals surface area contributed by atoms with Gasteiger partial charge in [-0.1, -0.05) is 11.6 Å². The van der Waals surface area contributed by atoms with Crippen LogP contribution in [0.4, 0.5) is 4.39 Å². The molecule has 0 atom stereocenters. The molecule has 1 aromatic carbocycles. The maximum Gasteiger partial charge on any atom is 0.165 e. The lowest BCUT2D eigenvalue weighted by Gasteiger charge is -2.39. The Morgan fingerprint density at radius 2 is 2.13 bits per heavy atom. The smallest absolute Gasteiger partial charge is 0.165 e. The van der Waals surface area contributed by atoms with Gasteiger partial charge in [0.1, 0.15) is 0 Å². The predicted molar refractivity (Wildman–Crippen MR) is 57.7 cm³/mol. The molecule has 0 spiro atoms. The summed E-state index contributed by atoms with van der Waals surface area (Å²) in [6.07, 6.45) is 2.70. The molecule has 0 aromatic heterocycles. The Morgan fingerprint density at radius 1 is 1.47 bits per heavy atom. The average molecular weight is 230 g/mol. The van der Waals surface area contributed by atoms with E-state index in [2.05, 4.69) is 0 Å². The van der Waals surface area contributed by atoms with Gasteiger partial charge in [-0.2, -0.15) is 0 Å². The average Bonchev–Trinajstić information content (AvgIpc) is 2.17. The Labute approximate surface area is 93.2 Å². The number of ether oxygens (including phenoxy) is 1. The van der Waals surface area contributed by atoms with Gasteiger partial charge in [0, 0.05) is 16.1 Å². The lowest BCUT2D eigenvalue weighted by molar-refractivity contribution is 0.241. The van der Waals surface area contributed by atoms with E-state index in [-0.39, 0.29) is 5.75 Å². The van der Waals surface area contributed by atoms with E-state index in [1.807, 2.05) is 0 Å². The molecular formula is C11H13ClFNO. The Hall–Kier alpha value is -0.800. The summed E-state index contributed by atoms with van der Waals surface area (Å²) in [5.74, 6) is -0.224. The van der Waals surface area contributed by atoms with Crippen molar-refractivity contribution in [3.8, 4) is 5.75 Å². The number of halogens is 2. The van der Waals surface area contributed by atoms with Crippen LogP contribution < -0.4 is 10.5 Å². The van der Waals surface area contributed by atoms with Crippen LogP contribution in [-0.4, -0.2) is 7.11 Å². The highest BCUT2D eigenvalue weighted by Gasteiger charge is 2.39. The first kappa shape index (κ1) is 10.7. The first-order valence-electron chi connectivity index (χ1n) is 4.90. The number of methoxy groups -OCH3 is 1. The second kappa shape index (κ2) is 3.65. The Morgan fingerprint density at radius 3 is 2.60 bits per heavy atom. The van der Waals surface area contributed by atoms with Crippen molar-refractivity contribution < 1.29 is 9.13 Å². The van der Waals surface area contributed by atoms with Crippen LogP contribution in [0.2, 0.25) is 5.02 Å². The van der Waals surface area contributed by atoms with Gasteiger partial charge in [0.2, 0.25) is 0 Å². The van der Waals surface area contributed by atoms with Gasteiger partial charge in [-0.25, -0.2) is 4.39 Å². The van der Waals surface area contributed by atoms with Gasteiger partial charge in [-0.15, -0.1) is 0 Å². The molecule has 0 heterocycles. The number of nitrogens with two attached hydrogens (primary N) is 1. The molecule has 1 aliphatic carbocycles. The summed E-state index contributed by atoms with van der Waals surface area (Å²) in [6.45, 7) is 0. The summed E-state index contributed by atoms with van der Waals surface area (Å²) in [5, 5.41) is 0.482. The van der Waals surface area contributed by atoms with Crippen LogP contribution in [-0.2, 0) is 5.54 Å². The number of rotatable bonds is 2. The Balaban J connectivity index is 2.57. The Kier molecular flexibility index (Phi) is 2.61. The third-order valence-electron chi connectivity index (χ3n) is 3.01. The Bertz CT molecular complexity index is 390. The van der Waals surface area contributed by atoms with Crippen molar-refractivity contribution in [2.45, 2.75) is 24.8 Å². The van der Waals surface area contributed by atoms with Gasteiger partial charge in [0.05, 0.1) is 7.11 Å². The zero-order valence-electron chi connectivity index (χ0n) is 8.52. The summed E-state index contributed by atoms with van der Waals surface area (Å²) < 4.78 is 18.5. The van der Waals surface area contributed by atoms with E-state index in [1.165, 1.54) is 19.2 Å². The van der Waals surface area contributed by atoms with Crippen LogP contribution in [0, 0.1) is 5.82 Å². The molecule has 2 nitrogen and oxygen atoms in total. The first-order chi connectivity index (χ1) is 7.08. The van der Waals surface area contributed by atoms with Crippen molar-refractivity contribution in [3.63, 3.8) is 0 Å². The minimum atomic E-state index is -0.509. The molecule has 0 amide bonds. The van der Waals surface area contributed by atoms with Crippen molar-refractivity contribution in [2.75, 3.05) is 7.11 Å². The van der Waals surface area contributed by atoms with Gasteiger partial charge >= 0.3 is 0 Å². The number of hydrogen-bond acceptors (Lipinski definition) is 2. The van der Waals surface area contributed by atoms with Crippen molar-refractivity contribution in [3.05, 3.63) is 28.5 Å². The van der Waals surface area contributed by atoms with E-state index in [0.717, 1.165) is 19.3 Å². The molecule has 1 fully saturated rings. The van der Waals surface area contributed by atoms with E-state index in [4.69, 9.17) is 22.1 Å². The van der Waals surface area contributed by atoms with Gasteiger partial charge in [0.25, 0.3) is 0 Å². The minimum Gasteiger partial charge on any atom is -0.493 e. The van der Waals surface area contributed by atoms with Crippen molar-refractivity contribution >= 4 is 11.6 Å². The summed E-state index contributed by atoms with van der Waals surface area (Å²) >= 11 is 6.05. The molecule has 0 aliphatic heterocycles. The molecule has 0 radical (unpaired) electrons. The van der Waals surface area contributed by atoms with Crippen LogP contribution in [0.3, 0.4) is 0 Å². The highest BCUT2D eigenvalue weighted by atomic mass is 35.5. The largest absolute Gasteiger partial charge is 0.493 e. The lowest BCUT2D eigenvalue weighted by Crippen LogP contribution is -2.43. The van der Waals surface area contributed by atoms with Crippen molar-refractivity contribution in [1.82, 2.24) is 0 Å².